The Labute approximate surface area is 171 Å². The summed E-state index contributed by atoms with van der Waals surface area (Å²) >= 11 is 1.33. The highest BCUT2D eigenvalue weighted by Crippen LogP contribution is 2.33. The minimum atomic E-state index is -0.483. The molecule has 0 radical (unpaired) electrons. The maximum absolute atomic E-state index is 12.3. The molecule has 0 spiro atoms. The molecule has 0 saturated heterocycles. The lowest BCUT2D eigenvalue weighted by atomic mass is 10.1. The third-order valence-electron chi connectivity index (χ3n) is 4.24. The third-order valence-corrected chi connectivity index (χ3v) is 5.09. The van der Waals surface area contributed by atoms with Crippen molar-refractivity contribution in [2.45, 2.75) is 17.9 Å². The molecule has 29 heavy (non-hydrogen) atoms. The zero-order valence-electron chi connectivity index (χ0n) is 15.9. The second kappa shape index (κ2) is 8.40. The number of benzene rings is 2. The van der Waals surface area contributed by atoms with Gasteiger partial charge in [0.25, 0.3) is 5.22 Å². The van der Waals surface area contributed by atoms with Gasteiger partial charge in [-0.2, -0.15) is 0 Å². The van der Waals surface area contributed by atoms with Crippen LogP contribution >= 0.6 is 11.8 Å². The average Bonchev–Trinajstić information content (AvgIpc) is 3.37. The number of esters is 1. The number of nitrogens with zero attached hydrogens (tertiary/aromatic N) is 2. The van der Waals surface area contributed by atoms with Crippen LogP contribution in [0.3, 0.4) is 0 Å². The molecule has 0 fully saturated rings. The van der Waals surface area contributed by atoms with Gasteiger partial charge in [0.05, 0.1) is 13.7 Å². The second-order valence-corrected chi connectivity index (χ2v) is 6.94. The summed E-state index contributed by atoms with van der Waals surface area (Å²) < 4.78 is 21.8. The van der Waals surface area contributed by atoms with Gasteiger partial charge >= 0.3 is 5.97 Å². The van der Waals surface area contributed by atoms with Gasteiger partial charge in [-0.25, -0.2) is 4.79 Å². The number of ether oxygens (including phenoxy) is 2. The monoisotopic (exact) mass is 410 g/mol. The molecular weight excluding hydrogens is 392 g/mol. The summed E-state index contributed by atoms with van der Waals surface area (Å²) in [6.07, 6.45) is 0. The first kappa shape index (κ1) is 19.1. The van der Waals surface area contributed by atoms with Crippen LogP contribution in [0.4, 0.5) is 0 Å². The van der Waals surface area contributed by atoms with Crippen molar-refractivity contribution >= 4 is 28.7 Å². The molecule has 4 rings (SSSR count). The third kappa shape index (κ3) is 3.97. The van der Waals surface area contributed by atoms with Gasteiger partial charge in [0, 0.05) is 22.3 Å². The number of carbonyl (C=O) groups is 1. The van der Waals surface area contributed by atoms with E-state index in [4.69, 9.17) is 18.3 Å². The van der Waals surface area contributed by atoms with E-state index in [1.54, 1.807) is 14.0 Å². The van der Waals surface area contributed by atoms with Gasteiger partial charge in [0.1, 0.15) is 11.3 Å². The van der Waals surface area contributed by atoms with Crippen LogP contribution in [0.5, 0.6) is 5.75 Å². The highest BCUT2D eigenvalue weighted by atomic mass is 32.2. The normalized spacial score (nSPS) is 11.0. The molecule has 2 aromatic carbocycles. The van der Waals surface area contributed by atoms with Crippen LogP contribution in [0.2, 0.25) is 0 Å². The Hall–Kier alpha value is -3.26. The fourth-order valence-electron chi connectivity index (χ4n) is 2.86. The molecule has 0 atom stereocenters. The van der Waals surface area contributed by atoms with Crippen LogP contribution in [0.1, 0.15) is 23.0 Å². The lowest BCUT2D eigenvalue weighted by Gasteiger charge is -2.01. The summed E-state index contributed by atoms with van der Waals surface area (Å²) in [5.74, 6) is 1.31. The Morgan fingerprint density at radius 1 is 1.07 bits per heavy atom. The largest absolute Gasteiger partial charge is 0.497 e. The van der Waals surface area contributed by atoms with Crippen molar-refractivity contribution in [3.63, 3.8) is 0 Å². The topological polar surface area (TPSA) is 87.6 Å². The van der Waals surface area contributed by atoms with Gasteiger partial charge < -0.3 is 18.3 Å². The maximum atomic E-state index is 12.3. The molecule has 148 valence electrons. The van der Waals surface area contributed by atoms with E-state index in [-0.39, 0.29) is 12.4 Å². The highest BCUT2D eigenvalue weighted by Gasteiger charge is 2.22. The minimum Gasteiger partial charge on any atom is -0.497 e. The van der Waals surface area contributed by atoms with Gasteiger partial charge in [-0.15, -0.1) is 10.2 Å². The minimum absolute atomic E-state index is 0.204. The highest BCUT2D eigenvalue weighted by molar-refractivity contribution is 7.98. The number of fused-ring (bicyclic) bond motifs is 1. The molecule has 4 aromatic rings. The molecule has 0 aliphatic carbocycles. The van der Waals surface area contributed by atoms with E-state index in [0.717, 1.165) is 22.3 Å². The van der Waals surface area contributed by atoms with Crippen molar-refractivity contribution in [2.24, 2.45) is 0 Å². The Morgan fingerprint density at radius 3 is 2.62 bits per heavy atom. The first-order chi connectivity index (χ1) is 14.2. The van der Waals surface area contributed by atoms with Crippen LogP contribution in [0.15, 0.2) is 62.6 Å². The number of methoxy groups -OCH3 is 1. The number of hydrogen-bond donors (Lipinski definition) is 0. The number of aromatic nitrogens is 2. The van der Waals surface area contributed by atoms with Crippen molar-refractivity contribution < 1.29 is 23.1 Å². The molecule has 8 heteroatoms. The molecule has 0 bridgehead atoms. The van der Waals surface area contributed by atoms with Gasteiger partial charge in [-0.1, -0.05) is 30.0 Å². The quantitative estimate of drug-likeness (QED) is 0.312. The fourth-order valence-corrected chi connectivity index (χ4v) is 3.65. The van der Waals surface area contributed by atoms with Gasteiger partial charge in [-0.05, 0) is 37.3 Å². The Balaban J connectivity index is 1.56. The van der Waals surface area contributed by atoms with E-state index in [0.29, 0.717) is 22.4 Å². The molecule has 0 aliphatic heterocycles. The van der Waals surface area contributed by atoms with Crippen LogP contribution in [-0.4, -0.2) is 29.9 Å². The molecule has 7 nitrogen and oxygen atoms in total. The molecule has 2 heterocycles. The number of furan rings is 1. The predicted molar refractivity (Wildman–Crippen MR) is 108 cm³/mol. The van der Waals surface area contributed by atoms with Crippen LogP contribution < -0.4 is 4.74 Å². The standard InChI is InChI=1S/C21H18N2O5S/c1-3-26-20(24)18-16(15-6-4-5-7-17(15)27-18)12-29-21-23-22-19(28-21)13-8-10-14(25-2)11-9-13/h4-11H,3,12H2,1-2H3. The van der Waals surface area contributed by atoms with Crippen molar-refractivity contribution in [3.05, 3.63) is 59.9 Å². The summed E-state index contributed by atoms with van der Waals surface area (Å²) in [4.78, 5) is 12.3. The zero-order chi connectivity index (χ0) is 20.2. The summed E-state index contributed by atoms with van der Waals surface area (Å²) in [7, 11) is 1.61. The second-order valence-electron chi connectivity index (χ2n) is 6.02. The summed E-state index contributed by atoms with van der Waals surface area (Å²) in [5.41, 5.74) is 2.18. The smallest absolute Gasteiger partial charge is 0.374 e. The predicted octanol–water partition coefficient (Wildman–Crippen LogP) is 4.96. The lowest BCUT2D eigenvalue weighted by molar-refractivity contribution is 0.0491. The van der Waals surface area contributed by atoms with Gasteiger partial charge in [0.2, 0.25) is 11.7 Å². The lowest BCUT2D eigenvalue weighted by Crippen LogP contribution is -2.05. The summed E-state index contributed by atoms with van der Waals surface area (Å²) in [6.45, 7) is 2.03. The van der Waals surface area contributed by atoms with E-state index in [1.807, 2.05) is 48.5 Å². The van der Waals surface area contributed by atoms with Crippen LogP contribution in [0.25, 0.3) is 22.4 Å². The Bertz CT molecular complexity index is 1130. The fraction of sp³-hybridized carbons (Fsp3) is 0.190. The summed E-state index contributed by atoms with van der Waals surface area (Å²) in [6, 6.07) is 14.8. The van der Waals surface area contributed by atoms with E-state index in [9.17, 15) is 4.79 Å². The Kier molecular flexibility index (Phi) is 5.53. The van der Waals surface area contributed by atoms with Crippen molar-refractivity contribution in [1.82, 2.24) is 10.2 Å². The van der Waals surface area contributed by atoms with E-state index in [1.165, 1.54) is 11.8 Å². The number of carbonyl (C=O) groups excluding carboxylic acids is 1. The molecule has 2 aromatic heterocycles. The van der Waals surface area contributed by atoms with Gasteiger partial charge in [0.15, 0.2) is 0 Å². The number of thioether (sulfide) groups is 1. The van der Waals surface area contributed by atoms with E-state index >= 15 is 0 Å². The van der Waals surface area contributed by atoms with Gasteiger partial charge in [-0.3, -0.25) is 0 Å². The van der Waals surface area contributed by atoms with Crippen molar-refractivity contribution in [1.29, 1.82) is 0 Å². The summed E-state index contributed by atoms with van der Waals surface area (Å²) in [5, 5.41) is 9.45. The van der Waals surface area contributed by atoms with Crippen LogP contribution in [-0.2, 0) is 10.5 Å². The number of para-hydroxylation sites is 1. The maximum Gasteiger partial charge on any atom is 0.374 e. The zero-order valence-corrected chi connectivity index (χ0v) is 16.7. The molecule has 0 amide bonds. The first-order valence-electron chi connectivity index (χ1n) is 8.98. The molecule has 0 N–H and O–H groups in total. The van der Waals surface area contributed by atoms with Crippen molar-refractivity contribution in [3.8, 4) is 17.2 Å². The molecule has 0 saturated carbocycles. The average molecular weight is 410 g/mol. The Morgan fingerprint density at radius 2 is 1.86 bits per heavy atom. The van der Waals surface area contributed by atoms with Crippen molar-refractivity contribution in [2.75, 3.05) is 13.7 Å². The van der Waals surface area contributed by atoms with E-state index < -0.39 is 5.97 Å². The molecular formula is C21H18N2O5S. The van der Waals surface area contributed by atoms with E-state index in [2.05, 4.69) is 10.2 Å². The number of rotatable bonds is 7. The first-order valence-corrected chi connectivity index (χ1v) is 9.96. The molecule has 0 unspecified atom stereocenters. The number of hydrogen-bond acceptors (Lipinski definition) is 8. The SMILES string of the molecule is CCOC(=O)c1oc2ccccc2c1CSc1nnc(-c2ccc(OC)cc2)o1. The van der Waals surface area contributed by atoms with Crippen LogP contribution in [0, 0.1) is 0 Å². The molecule has 0 aliphatic rings.